The fraction of sp³-hybridized carbons (Fsp3) is 0.381. The molecule has 1 N–H and O–H groups in total. The highest BCUT2D eigenvalue weighted by molar-refractivity contribution is 7.99. The summed E-state index contributed by atoms with van der Waals surface area (Å²) in [5, 5.41) is 4.21. The molecule has 1 aliphatic heterocycles. The molecule has 0 aromatic heterocycles. The van der Waals surface area contributed by atoms with Gasteiger partial charge in [-0.25, -0.2) is 0 Å². The molecule has 1 aliphatic rings. The Labute approximate surface area is 179 Å². The smallest absolute Gasteiger partial charge is 0.230 e. The highest BCUT2D eigenvalue weighted by atomic mass is 35.5. The summed E-state index contributed by atoms with van der Waals surface area (Å²) in [4.78, 5) is 12.5. The summed E-state index contributed by atoms with van der Waals surface area (Å²) >= 11 is 13.5. The van der Waals surface area contributed by atoms with E-state index in [-0.39, 0.29) is 17.6 Å². The minimum absolute atomic E-state index is 0.00507. The lowest BCUT2D eigenvalue weighted by atomic mass is 9.89. The molecule has 0 spiro atoms. The van der Waals surface area contributed by atoms with Gasteiger partial charge in [0.15, 0.2) is 0 Å². The van der Waals surface area contributed by atoms with Gasteiger partial charge in [0.25, 0.3) is 0 Å². The van der Waals surface area contributed by atoms with Crippen LogP contribution in [0.2, 0.25) is 10.0 Å². The van der Waals surface area contributed by atoms with E-state index >= 15 is 0 Å². The molecule has 0 aliphatic carbocycles. The van der Waals surface area contributed by atoms with Crippen molar-refractivity contribution in [3.63, 3.8) is 0 Å². The zero-order valence-corrected chi connectivity index (χ0v) is 18.4. The van der Waals surface area contributed by atoms with E-state index in [0.29, 0.717) is 28.0 Å². The van der Waals surface area contributed by atoms with Gasteiger partial charge in [-0.15, -0.1) is 11.8 Å². The maximum atomic E-state index is 12.5. The van der Waals surface area contributed by atoms with Gasteiger partial charge in [-0.1, -0.05) is 29.3 Å². The van der Waals surface area contributed by atoms with Crippen molar-refractivity contribution in [3.05, 3.63) is 57.6 Å². The summed E-state index contributed by atoms with van der Waals surface area (Å²) in [5.41, 5.74) is 1.64. The van der Waals surface area contributed by atoms with Gasteiger partial charge in [-0.2, -0.15) is 0 Å². The molecule has 28 heavy (non-hydrogen) atoms. The van der Waals surface area contributed by atoms with E-state index < -0.39 is 0 Å². The van der Waals surface area contributed by atoms with Crippen LogP contribution in [0.25, 0.3) is 0 Å². The standard InChI is InChI=1S/C21H23Cl2NO3S/c1-21(2)10-18(15-6-5-14(26-3)9-19(15)27-21)24-20(25)12-28-11-13-4-7-16(22)17(23)8-13/h4-9,18H,10-12H2,1-3H3,(H,24,25)/t18-/m1/s1. The SMILES string of the molecule is COc1ccc2c(c1)OC(C)(C)C[C@H]2NC(=O)CSCc1ccc(Cl)c(Cl)c1. The van der Waals surface area contributed by atoms with Crippen LogP contribution in [-0.4, -0.2) is 24.4 Å². The lowest BCUT2D eigenvalue weighted by molar-refractivity contribution is -0.119. The van der Waals surface area contributed by atoms with Gasteiger partial charge in [0.05, 0.1) is 28.9 Å². The molecule has 1 atom stereocenters. The Morgan fingerprint density at radius 3 is 2.75 bits per heavy atom. The molecule has 0 radical (unpaired) electrons. The summed E-state index contributed by atoms with van der Waals surface area (Å²) in [7, 11) is 1.63. The fourth-order valence-corrected chi connectivity index (χ4v) is 4.32. The van der Waals surface area contributed by atoms with Crippen LogP contribution in [0.1, 0.15) is 37.4 Å². The number of methoxy groups -OCH3 is 1. The first kappa shape index (κ1) is 21.2. The fourth-order valence-electron chi connectivity index (χ4n) is 3.21. The van der Waals surface area contributed by atoms with Crippen molar-refractivity contribution in [3.8, 4) is 11.5 Å². The largest absolute Gasteiger partial charge is 0.497 e. The van der Waals surface area contributed by atoms with E-state index in [1.165, 1.54) is 11.8 Å². The maximum Gasteiger partial charge on any atom is 0.230 e. The molecular formula is C21H23Cl2NO3S. The number of hydrogen-bond acceptors (Lipinski definition) is 4. The second-order valence-electron chi connectivity index (χ2n) is 7.33. The van der Waals surface area contributed by atoms with Crippen molar-refractivity contribution >= 4 is 40.9 Å². The van der Waals surface area contributed by atoms with Crippen LogP contribution in [-0.2, 0) is 10.5 Å². The molecule has 0 saturated heterocycles. The molecule has 7 heteroatoms. The molecule has 0 fully saturated rings. The Kier molecular flexibility index (Phi) is 6.69. The molecule has 0 unspecified atom stereocenters. The lowest BCUT2D eigenvalue weighted by Crippen LogP contribution is -2.41. The lowest BCUT2D eigenvalue weighted by Gasteiger charge is -2.38. The molecule has 1 heterocycles. The van der Waals surface area contributed by atoms with Gasteiger partial charge >= 0.3 is 0 Å². The van der Waals surface area contributed by atoms with E-state index in [1.54, 1.807) is 13.2 Å². The van der Waals surface area contributed by atoms with Crippen molar-refractivity contribution in [1.82, 2.24) is 5.32 Å². The van der Waals surface area contributed by atoms with Gasteiger partial charge < -0.3 is 14.8 Å². The third-order valence-corrected chi connectivity index (χ3v) is 6.24. The first-order valence-corrected chi connectivity index (χ1v) is 10.9. The second-order valence-corrected chi connectivity index (χ2v) is 9.13. The minimum atomic E-state index is -0.371. The van der Waals surface area contributed by atoms with Crippen LogP contribution >= 0.6 is 35.0 Å². The van der Waals surface area contributed by atoms with Crippen molar-refractivity contribution < 1.29 is 14.3 Å². The maximum absolute atomic E-state index is 12.5. The summed E-state index contributed by atoms with van der Waals surface area (Å²) in [6.07, 6.45) is 0.704. The average molecular weight is 440 g/mol. The van der Waals surface area contributed by atoms with Gasteiger partial charge in [0.1, 0.15) is 17.1 Å². The third kappa shape index (κ3) is 5.28. The number of hydrogen-bond donors (Lipinski definition) is 1. The predicted octanol–water partition coefficient (Wildman–Crippen LogP) is 5.65. The molecule has 2 aromatic rings. The highest BCUT2D eigenvalue weighted by Gasteiger charge is 2.34. The molecule has 3 rings (SSSR count). The number of carbonyl (C=O) groups is 1. The second kappa shape index (κ2) is 8.85. The van der Waals surface area contributed by atoms with Crippen LogP contribution in [0.4, 0.5) is 0 Å². The van der Waals surface area contributed by atoms with Crippen molar-refractivity contribution in [2.24, 2.45) is 0 Å². The van der Waals surface area contributed by atoms with Gasteiger partial charge in [0.2, 0.25) is 5.91 Å². The van der Waals surface area contributed by atoms with Gasteiger partial charge in [-0.05, 0) is 43.7 Å². The summed E-state index contributed by atoms with van der Waals surface area (Å²) in [6.45, 7) is 4.04. The number of amides is 1. The zero-order chi connectivity index (χ0) is 20.3. The number of nitrogens with one attached hydrogen (secondary N) is 1. The first-order valence-electron chi connectivity index (χ1n) is 8.95. The normalized spacial score (nSPS) is 17.4. The molecular weight excluding hydrogens is 417 g/mol. The molecule has 2 aromatic carbocycles. The Balaban J connectivity index is 1.61. The van der Waals surface area contributed by atoms with Crippen LogP contribution < -0.4 is 14.8 Å². The van der Waals surface area contributed by atoms with E-state index in [2.05, 4.69) is 5.32 Å². The first-order chi connectivity index (χ1) is 13.3. The number of benzene rings is 2. The Bertz CT molecular complexity index is 873. The Morgan fingerprint density at radius 1 is 1.25 bits per heavy atom. The number of ether oxygens (including phenoxy) is 2. The molecule has 4 nitrogen and oxygen atoms in total. The quantitative estimate of drug-likeness (QED) is 0.630. The van der Waals surface area contributed by atoms with E-state index in [9.17, 15) is 4.79 Å². The van der Waals surface area contributed by atoms with E-state index in [0.717, 1.165) is 22.6 Å². The van der Waals surface area contributed by atoms with Crippen LogP contribution in [0.15, 0.2) is 36.4 Å². The molecule has 0 bridgehead atoms. The minimum Gasteiger partial charge on any atom is -0.497 e. The zero-order valence-electron chi connectivity index (χ0n) is 16.1. The van der Waals surface area contributed by atoms with Crippen molar-refractivity contribution in [1.29, 1.82) is 0 Å². The van der Waals surface area contributed by atoms with Crippen LogP contribution in [0.3, 0.4) is 0 Å². The van der Waals surface area contributed by atoms with Crippen molar-refractivity contribution in [2.75, 3.05) is 12.9 Å². The van der Waals surface area contributed by atoms with Crippen molar-refractivity contribution in [2.45, 2.75) is 37.7 Å². The average Bonchev–Trinajstić information content (AvgIpc) is 2.63. The van der Waals surface area contributed by atoms with E-state index in [1.807, 2.05) is 44.2 Å². The molecule has 1 amide bonds. The Hall–Kier alpha value is -1.56. The van der Waals surface area contributed by atoms with Crippen LogP contribution in [0.5, 0.6) is 11.5 Å². The van der Waals surface area contributed by atoms with Gasteiger partial charge in [-0.3, -0.25) is 4.79 Å². The number of fused-ring (bicyclic) bond motifs is 1. The topological polar surface area (TPSA) is 47.6 Å². The number of thioether (sulfide) groups is 1. The summed E-state index contributed by atoms with van der Waals surface area (Å²) in [5.74, 6) is 2.54. The van der Waals surface area contributed by atoms with Gasteiger partial charge in [0, 0.05) is 23.8 Å². The summed E-state index contributed by atoms with van der Waals surface area (Å²) in [6, 6.07) is 11.1. The number of rotatable bonds is 6. The number of halogens is 2. The molecule has 150 valence electrons. The van der Waals surface area contributed by atoms with Crippen LogP contribution in [0, 0.1) is 0 Å². The number of carbonyl (C=O) groups excluding carboxylic acids is 1. The molecule has 0 saturated carbocycles. The monoisotopic (exact) mass is 439 g/mol. The summed E-state index contributed by atoms with van der Waals surface area (Å²) < 4.78 is 11.4. The predicted molar refractivity (Wildman–Crippen MR) is 116 cm³/mol. The van der Waals surface area contributed by atoms with E-state index in [4.69, 9.17) is 32.7 Å². The Morgan fingerprint density at radius 2 is 2.04 bits per heavy atom. The third-order valence-electron chi connectivity index (χ3n) is 4.50. The highest BCUT2D eigenvalue weighted by Crippen LogP contribution is 2.41.